The third kappa shape index (κ3) is 4.78. The highest BCUT2D eigenvalue weighted by molar-refractivity contribution is 5.64. The summed E-state index contributed by atoms with van der Waals surface area (Å²) in [5.41, 5.74) is 2.85. The second-order valence-corrected chi connectivity index (χ2v) is 6.71. The zero-order chi connectivity index (χ0) is 19.2. The Morgan fingerprint density at radius 1 is 1.04 bits per heavy atom. The van der Waals surface area contributed by atoms with Gasteiger partial charge < -0.3 is 14.6 Å². The molecule has 8 heteroatoms. The molecule has 0 amide bonds. The molecule has 3 heterocycles. The minimum absolute atomic E-state index is 0.565. The van der Waals surface area contributed by atoms with Crippen LogP contribution in [-0.2, 0) is 11.3 Å². The summed E-state index contributed by atoms with van der Waals surface area (Å²) in [6.07, 6.45) is 1.77. The molecule has 1 aromatic carbocycles. The Labute approximate surface area is 164 Å². The van der Waals surface area contributed by atoms with Gasteiger partial charge in [0.05, 0.1) is 25.5 Å². The summed E-state index contributed by atoms with van der Waals surface area (Å²) in [6, 6.07) is 9.87. The molecule has 1 N–H and O–H groups in total. The van der Waals surface area contributed by atoms with Gasteiger partial charge in [-0.15, -0.1) is 0 Å². The standard InChI is InChI=1S/C20H24N6O2/c1-15-22-7-6-18(23-15)16-2-4-17(5-3-16)20-24-19(28-25-20)14-21-8-9-26-10-12-27-13-11-26/h2-7,21H,8-14H2,1H3. The van der Waals surface area contributed by atoms with Crippen LogP contribution in [0.5, 0.6) is 0 Å². The molecule has 0 aliphatic carbocycles. The second kappa shape index (κ2) is 9.01. The molecule has 28 heavy (non-hydrogen) atoms. The Balaban J connectivity index is 1.31. The van der Waals surface area contributed by atoms with Crippen molar-refractivity contribution in [2.45, 2.75) is 13.5 Å². The summed E-state index contributed by atoms with van der Waals surface area (Å²) in [5, 5.41) is 7.45. The summed E-state index contributed by atoms with van der Waals surface area (Å²) in [4.78, 5) is 15.4. The van der Waals surface area contributed by atoms with Crippen LogP contribution in [0.4, 0.5) is 0 Å². The molecule has 4 rings (SSSR count). The number of hydrogen-bond donors (Lipinski definition) is 1. The van der Waals surface area contributed by atoms with E-state index >= 15 is 0 Å². The van der Waals surface area contributed by atoms with Crippen molar-refractivity contribution in [3.8, 4) is 22.6 Å². The molecule has 0 spiro atoms. The predicted molar refractivity (Wildman–Crippen MR) is 104 cm³/mol. The first-order valence-electron chi connectivity index (χ1n) is 9.52. The minimum atomic E-state index is 0.565. The van der Waals surface area contributed by atoms with Gasteiger partial charge >= 0.3 is 0 Å². The molecule has 1 saturated heterocycles. The number of hydrogen-bond acceptors (Lipinski definition) is 8. The topological polar surface area (TPSA) is 89.2 Å². The van der Waals surface area contributed by atoms with Crippen LogP contribution in [-0.4, -0.2) is 64.4 Å². The first-order valence-corrected chi connectivity index (χ1v) is 9.52. The number of nitrogens with one attached hydrogen (secondary N) is 1. The van der Waals surface area contributed by atoms with Gasteiger partial charge in [-0.05, 0) is 13.0 Å². The van der Waals surface area contributed by atoms with Gasteiger partial charge in [-0.1, -0.05) is 29.4 Å². The third-order valence-corrected chi connectivity index (χ3v) is 4.67. The lowest BCUT2D eigenvalue weighted by atomic mass is 10.1. The van der Waals surface area contributed by atoms with Gasteiger partial charge in [-0.3, -0.25) is 4.90 Å². The van der Waals surface area contributed by atoms with Gasteiger partial charge in [0, 0.05) is 43.5 Å². The van der Waals surface area contributed by atoms with Crippen LogP contribution in [0.3, 0.4) is 0 Å². The van der Waals surface area contributed by atoms with Crippen LogP contribution < -0.4 is 5.32 Å². The Morgan fingerprint density at radius 3 is 2.61 bits per heavy atom. The Bertz CT molecular complexity index is 890. The van der Waals surface area contributed by atoms with E-state index in [-0.39, 0.29) is 0 Å². The molecule has 0 radical (unpaired) electrons. The summed E-state index contributed by atoms with van der Waals surface area (Å²) < 4.78 is 10.7. The van der Waals surface area contributed by atoms with Gasteiger partial charge in [0.2, 0.25) is 11.7 Å². The van der Waals surface area contributed by atoms with Crippen molar-refractivity contribution in [1.29, 1.82) is 0 Å². The molecule has 1 aliphatic heterocycles. The van der Waals surface area contributed by atoms with Crippen LogP contribution in [0.25, 0.3) is 22.6 Å². The normalized spacial score (nSPS) is 15.0. The number of aromatic nitrogens is 4. The highest BCUT2D eigenvalue weighted by Gasteiger charge is 2.11. The lowest BCUT2D eigenvalue weighted by Gasteiger charge is -2.26. The highest BCUT2D eigenvalue weighted by Crippen LogP contribution is 2.22. The summed E-state index contributed by atoms with van der Waals surface area (Å²) in [5.74, 6) is 1.94. The van der Waals surface area contributed by atoms with E-state index in [0.717, 1.165) is 62.0 Å². The molecule has 146 valence electrons. The third-order valence-electron chi connectivity index (χ3n) is 4.67. The number of aryl methyl sites for hydroxylation is 1. The van der Waals surface area contributed by atoms with Crippen molar-refractivity contribution in [2.24, 2.45) is 0 Å². The molecule has 0 unspecified atom stereocenters. The van der Waals surface area contributed by atoms with E-state index in [1.807, 2.05) is 37.3 Å². The van der Waals surface area contributed by atoms with Crippen LogP contribution in [0.1, 0.15) is 11.7 Å². The monoisotopic (exact) mass is 380 g/mol. The number of morpholine rings is 1. The molecular formula is C20H24N6O2. The lowest BCUT2D eigenvalue weighted by molar-refractivity contribution is 0.0383. The van der Waals surface area contributed by atoms with Crippen molar-refractivity contribution in [3.05, 3.63) is 48.2 Å². The molecule has 2 aromatic heterocycles. The van der Waals surface area contributed by atoms with E-state index < -0.39 is 0 Å². The Morgan fingerprint density at radius 2 is 1.82 bits per heavy atom. The SMILES string of the molecule is Cc1nccc(-c2ccc(-c3noc(CNCCN4CCOCC4)n3)cc2)n1. The average Bonchev–Trinajstić information content (AvgIpc) is 3.21. The molecule has 1 fully saturated rings. The average molecular weight is 380 g/mol. The van der Waals surface area contributed by atoms with Gasteiger partial charge in [0.15, 0.2) is 0 Å². The maximum Gasteiger partial charge on any atom is 0.240 e. The van der Waals surface area contributed by atoms with Crippen LogP contribution in [0, 0.1) is 6.92 Å². The number of rotatable bonds is 7. The fraction of sp³-hybridized carbons (Fsp3) is 0.400. The van der Waals surface area contributed by atoms with Gasteiger partial charge in [0.25, 0.3) is 0 Å². The van der Waals surface area contributed by atoms with Crippen molar-refractivity contribution < 1.29 is 9.26 Å². The second-order valence-electron chi connectivity index (χ2n) is 6.71. The molecule has 0 bridgehead atoms. The number of ether oxygens (including phenoxy) is 1. The maximum absolute atomic E-state index is 5.36. The van der Waals surface area contributed by atoms with Crippen LogP contribution in [0.2, 0.25) is 0 Å². The minimum Gasteiger partial charge on any atom is -0.379 e. The molecule has 8 nitrogen and oxygen atoms in total. The summed E-state index contributed by atoms with van der Waals surface area (Å²) in [6.45, 7) is 7.96. The van der Waals surface area contributed by atoms with Crippen molar-refractivity contribution in [2.75, 3.05) is 39.4 Å². The van der Waals surface area contributed by atoms with E-state index in [1.165, 1.54) is 0 Å². The summed E-state index contributed by atoms with van der Waals surface area (Å²) in [7, 11) is 0. The molecule has 0 saturated carbocycles. The zero-order valence-corrected chi connectivity index (χ0v) is 16.0. The largest absolute Gasteiger partial charge is 0.379 e. The van der Waals surface area contributed by atoms with Gasteiger partial charge in [-0.2, -0.15) is 4.98 Å². The van der Waals surface area contributed by atoms with E-state index in [0.29, 0.717) is 18.3 Å². The van der Waals surface area contributed by atoms with Crippen molar-refractivity contribution in [1.82, 2.24) is 30.3 Å². The van der Waals surface area contributed by atoms with E-state index in [9.17, 15) is 0 Å². The van der Waals surface area contributed by atoms with Gasteiger partial charge in [-0.25, -0.2) is 9.97 Å². The van der Waals surface area contributed by atoms with E-state index in [1.54, 1.807) is 6.20 Å². The smallest absolute Gasteiger partial charge is 0.240 e. The van der Waals surface area contributed by atoms with Crippen molar-refractivity contribution in [3.63, 3.8) is 0 Å². The first kappa shape index (κ1) is 18.7. The lowest BCUT2D eigenvalue weighted by Crippen LogP contribution is -2.40. The quantitative estimate of drug-likeness (QED) is 0.622. The molecule has 3 aromatic rings. The molecule has 0 atom stereocenters. The zero-order valence-electron chi connectivity index (χ0n) is 16.0. The summed E-state index contributed by atoms with van der Waals surface area (Å²) >= 11 is 0. The van der Waals surface area contributed by atoms with Crippen LogP contribution >= 0.6 is 0 Å². The molecule has 1 aliphatic rings. The highest BCUT2D eigenvalue weighted by atomic mass is 16.5. The maximum atomic E-state index is 5.36. The van der Waals surface area contributed by atoms with Crippen molar-refractivity contribution >= 4 is 0 Å². The molecular weight excluding hydrogens is 356 g/mol. The Kier molecular flexibility index (Phi) is 6.01. The van der Waals surface area contributed by atoms with Gasteiger partial charge in [0.1, 0.15) is 5.82 Å². The number of benzene rings is 1. The van der Waals surface area contributed by atoms with Crippen LogP contribution in [0.15, 0.2) is 41.1 Å². The number of nitrogens with zero attached hydrogens (tertiary/aromatic N) is 5. The first-order chi connectivity index (χ1) is 13.8. The van der Waals surface area contributed by atoms with E-state index in [2.05, 4.69) is 30.3 Å². The van der Waals surface area contributed by atoms with E-state index in [4.69, 9.17) is 9.26 Å². The Hall–Kier alpha value is -2.68. The fourth-order valence-electron chi connectivity index (χ4n) is 3.11. The predicted octanol–water partition coefficient (Wildman–Crippen LogP) is 1.92. The fourth-order valence-corrected chi connectivity index (χ4v) is 3.11.